The van der Waals surface area contributed by atoms with Crippen LogP contribution in [0.1, 0.15) is 27.3 Å². The molecule has 0 radical (unpaired) electrons. The molecule has 1 amide bonds. The molecule has 2 heterocycles. The summed E-state index contributed by atoms with van der Waals surface area (Å²) in [7, 11) is 0. The molecular weight excluding hydrogens is 380 g/mol. The van der Waals surface area contributed by atoms with Gasteiger partial charge in [0.15, 0.2) is 5.69 Å². The summed E-state index contributed by atoms with van der Waals surface area (Å²) in [5.74, 6) is 2.23. The topological polar surface area (TPSA) is 50.2 Å². The quantitative estimate of drug-likeness (QED) is 0.687. The fraction of sp³-hybridized carbons (Fsp3) is 0.304. The van der Waals surface area contributed by atoms with Gasteiger partial charge in [0.2, 0.25) is 0 Å². The van der Waals surface area contributed by atoms with Gasteiger partial charge in [-0.15, -0.1) is 0 Å². The zero-order valence-corrected chi connectivity index (χ0v) is 17.7. The number of rotatable bonds is 5. The SMILES string of the molecule is Cc1cc(CN2CCSCC2)ccc1NC(=O)c1cc(C)n(-c2ccccc2)n1. The number of nitrogens with one attached hydrogen (secondary N) is 1. The molecule has 150 valence electrons. The van der Waals surface area contributed by atoms with Crippen LogP contribution in [0.25, 0.3) is 5.69 Å². The van der Waals surface area contributed by atoms with Crippen LogP contribution >= 0.6 is 11.8 Å². The Morgan fingerprint density at radius 2 is 1.83 bits per heavy atom. The van der Waals surface area contributed by atoms with Crippen molar-refractivity contribution in [1.29, 1.82) is 0 Å². The van der Waals surface area contributed by atoms with Gasteiger partial charge < -0.3 is 5.32 Å². The normalized spacial score (nSPS) is 14.7. The molecule has 0 spiro atoms. The van der Waals surface area contributed by atoms with Crippen molar-refractivity contribution in [2.45, 2.75) is 20.4 Å². The van der Waals surface area contributed by atoms with Crippen LogP contribution in [-0.2, 0) is 6.54 Å². The van der Waals surface area contributed by atoms with Crippen molar-refractivity contribution in [2.24, 2.45) is 0 Å². The minimum Gasteiger partial charge on any atom is -0.320 e. The molecule has 0 atom stereocenters. The van der Waals surface area contributed by atoms with Crippen molar-refractivity contribution in [2.75, 3.05) is 29.9 Å². The molecule has 2 aromatic carbocycles. The number of carbonyl (C=O) groups is 1. The number of thioether (sulfide) groups is 1. The standard InChI is InChI=1S/C23H26N4OS/c1-17-14-19(16-26-10-12-29-13-11-26)8-9-21(17)24-23(28)22-15-18(2)27(25-22)20-6-4-3-5-7-20/h3-9,14-15H,10-13,16H2,1-2H3,(H,24,28). The van der Waals surface area contributed by atoms with Crippen LogP contribution in [0.3, 0.4) is 0 Å². The highest BCUT2D eigenvalue weighted by Gasteiger charge is 2.15. The van der Waals surface area contributed by atoms with Gasteiger partial charge in [-0.3, -0.25) is 9.69 Å². The van der Waals surface area contributed by atoms with Crippen LogP contribution in [0, 0.1) is 13.8 Å². The first-order valence-electron chi connectivity index (χ1n) is 9.93. The van der Waals surface area contributed by atoms with Crippen molar-refractivity contribution in [3.8, 4) is 5.69 Å². The number of anilines is 1. The fourth-order valence-electron chi connectivity index (χ4n) is 3.58. The number of para-hydroxylation sites is 1. The average Bonchev–Trinajstić information content (AvgIpc) is 3.13. The minimum absolute atomic E-state index is 0.188. The summed E-state index contributed by atoms with van der Waals surface area (Å²) in [6, 6.07) is 17.9. The van der Waals surface area contributed by atoms with E-state index in [4.69, 9.17) is 0 Å². The van der Waals surface area contributed by atoms with E-state index in [0.717, 1.165) is 42.3 Å². The lowest BCUT2D eigenvalue weighted by Crippen LogP contribution is -2.31. The fourth-order valence-corrected chi connectivity index (χ4v) is 4.56. The van der Waals surface area contributed by atoms with Gasteiger partial charge in [0.25, 0.3) is 5.91 Å². The third kappa shape index (κ3) is 4.71. The molecule has 6 heteroatoms. The number of aryl methyl sites for hydroxylation is 2. The maximum absolute atomic E-state index is 12.8. The Kier molecular flexibility index (Phi) is 6.02. The number of hydrogen-bond donors (Lipinski definition) is 1. The molecule has 0 aliphatic carbocycles. The molecule has 29 heavy (non-hydrogen) atoms. The lowest BCUT2D eigenvalue weighted by Gasteiger charge is -2.26. The predicted molar refractivity (Wildman–Crippen MR) is 120 cm³/mol. The molecule has 0 unspecified atom stereocenters. The smallest absolute Gasteiger partial charge is 0.276 e. The second kappa shape index (κ2) is 8.84. The van der Waals surface area contributed by atoms with E-state index >= 15 is 0 Å². The molecule has 1 N–H and O–H groups in total. The molecule has 0 saturated carbocycles. The van der Waals surface area contributed by atoms with Crippen LogP contribution < -0.4 is 5.32 Å². The predicted octanol–water partition coefficient (Wildman–Crippen LogP) is 4.29. The van der Waals surface area contributed by atoms with Gasteiger partial charge >= 0.3 is 0 Å². The molecule has 1 aromatic heterocycles. The Morgan fingerprint density at radius 1 is 1.07 bits per heavy atom. The Balaban J connectivity index is 1.46. The maximum atomic E-state index is 12.8. The first-order chi connectivity index (χ1) is 14.1. The monoisotopic (exact) mass is 406 g/mol. The number of hydrogen-bond acceptors (Lipinski definition) is 4. The zero-order chi connectivity index (χ0) is 20.2. The van der Waals surface area contributed by atoms with Crippen molar-refractivity contribution in [3.05, 3.63) is 77.1 Å². The van der Waals surface area contributed by atoms with E-state index in [-0.39, 0.29) is 5.91 Å². The summed E-state index contributed by atoms with van der Waals surface area (Å²) in [5, 5.41) is 7.51. The number of amides is 1. The summed E-state index contributed by atoms with van der Waals surface area (Å²) >= 11 is 2.02. The van der Waals surface area contributed by atoms with E-state index in [2.05, 4.69) is 27.4 Å². The number of nitrogens with zero attached hydrogens (tertiary/aromatic N) is 3. The van der Waals surface area contributed by atoms with E-state index in [1.54, 1.807) is 4.68 Å². The molecule has 1 saturated heterocycles. The summed E-state index contributed by atoms with van der Waals surface area (Å²) < 4.78 is 1.79. The Bertz CT molecular complexity index is 993. The first kappa shape index (κ1) is 19.7. The Hall–Kier alpha value is -2.57. The Morgan fingerprint density at radius 3 is 2.55 bits per heavy atom. The van der Waals surface area contributed by atoms with Gasteiger partial charge in [-0.2, -0.15) is 16.9 Å². The number of benzene rings is 2. The number of aromatic nitrogens is 2. The van der Waals surface area contributed by atoms with Crippen molar-refractivity contribution in [1.82, 2.24) is 14.7 Å². The highest BCUT2D eigenvalue weighted by Crippen LogP contribution is 2.20. The highest BCUT2D eigenvalue weighted by molar-refractivity contribution is 7.99. The lowest BCUT2D eigenvalue weighted by molar-refractivity contribution is 0.102. The van der Waals surface area contributed by atoms with Crippen molar-refractivity contribution >= 4 is 23.4 Å². The molecule has 1 aliphatic rings. The summed E-state index contributed by atoms with van der Waals surface area (Å²) in [6.07, 6.45) is 0. The van der Waals surface area contributed by atoms with E-state index < -0.39 is 0 Å². The van der Waals surface area contributed by atoms with Crippen LogP contribution in [0.2, 0.25) is 0 Å². The maximum Gasteiger partial charge on any atom is 0.276 e. The lowest BCUT2D eigenvalue weighted by atomic mass is 10.1. The van der Waals surface area contributed by atoms with Crippen molar-refractivity contribution < 1.29 is 4.79 Å². The van der Waals surface area contributed by atoms with Gasteiger partial charge in [0.1, 0.15) is 0 Å². The Labute approximate surface area is 176 Å². The molecular formula is C23H26N4OS. The van der Waals surface area contributed by atoms with Gasteiger partial charge in [-0.25, -0.2) is 4.68 Å². The van der Waals surface area contributed by atoms with Crippen LogP contribution in [0.5, 0.6) is 0 Å². The number of carbonyl (C=O) groups excluding carboxylic acids is 1. The minimum atomic E-state index is -0.188. The summed E-state index contributed by atoms with van der Waals surface area (Å²) in [4.78, 5) is 15.3. The third-order valence-electron chi connectivity index (χ3n) is 5.17. The highest BCUT2D eigenvalue weighted by atomic mass is 32.2. The molecule has 1 aliphatic heterocycles. The van der Waals surface area contributed by atoms with Crippen molar-refractivity contribution in [3.63, 3.8) is 0 Å². The zero-order valence-electron chi connectivity index (χ0n) is 16.9. The second-order valence-electron chi connectivity index (χ2n) is 7.41. The molecule has 0 bridgehead atoms. The van der Waals surface area contributed by atoms with E-state index in [9.17, 15) is 4.79 Å². The van der Waals surface area contributed by atoms with E-state index in [1.165, 1.54) is 17.1 Å². The van der Waals surface area contributed by atoms with Crippen LogP contribution in [0.4, 0.5) is 5.69 Å². The summed E-state index contributed by atoms with van der Waals surface area (Å²) in [5.41, 5.74) is 5.48. The van der Waals surface area contributed by atoms with E-state index in [0.29, 0.717) is 5.69 Å². The van der Waals surface area contributed by atoms with Gasteiger partial charge in [0.05, 0.1) is 5.69 Å². The molecule has 4 rings (SSSR count). The molecule has 3 aromatic rings. The van der Waals surface area contributed by atoms with Gasteiger partial charge in [0, 0.05) is 42.5 Å². The van der Waals surface area contributed by atoms with Crippen LogP contribution in [0.15, 0.2) is 54.6 Å². The molecule has 5 nitrogen and oxygen atoms in total. The first-order valence-corrected chi connectivity index (χ1v) is 11.1. The average molecular weight is 407 g/mol. The second-order valence-corrected chi connectivity index (χ2v) is 8.63. The summed E-state index contributed by atoms with van der Waals surface area (Å²) in [6.45, 7) is 7.25. The van der Waals surface area contributed by atoms with Crippen LogP contribution in [-0.4, -0.2) is 45.2 Å². The van der Waals surface area contributed by atoms with Gasteiger partial charge in [-0.1, -0.05) is 30.3 Å². The largest absolute Gasteiger partial charge is 0.320 e. The third-order valence-corrected chi connectivity index (χ3v) is 6.11. The van der Waals surface area contributed by atoms with E-state index in [1.807, 2.05) is 68.1 Å². The van der Waals surface area contributed by atoms with Gasteiger partial charge in [-0.05, 0) is 49.2 Å². The molecule has 1 fully saturated rings.